The molecule has 2 aromatic rings. The minimum Gasteiger partial charge on any atom is -0.316 e. The lowest BCUT2D eigenvalue weighted by molar-refractivity contribution is 0.0859. The third-order valence-corrected chi connectivity index (χ3v) is 9.36. The van der Waals surface area contributed by atoms with Crippen LogP contribution in [0.1, 0.15) is 88.4 Å². The van der Waals surface area contributed by atoms with Crippen LogP contribution < -0.4 is 5.32 Å². The number of Topliss-reactive ketones (excluding diaryl/α,β-unsaturated/α-hetero) is 2. The molecule has 0 amide bonds. The molecule has 2 fully saturated rings. The van der Waals surface area contributed by atoms with Crippen LogP contribution in [0.25, 0.3) is 0 Å². The molecule has 0 radical (unpaired) electrons. The van der Waals surface area contributed by atoms with Gasteiger partial charge < -0.3 is 15.1 Å². The summed E-state index contributed by atoms with van der Waals surface area (Å²) in [6.45, 7) is 12.7. The Balaban J connectivity index is 0.000000175. The maximum atomic E-state index is 12.3. The first-order chi connectivity index (χ1) is 20.1. The van der Waals surface area contributed by atoms with Crippen molar-refractivity contribution in [2.24, 2.45) is 11.8 Å². The van der Waals surface area contributed by atoms with Crippen LogP contribution in [0.3, 0.4) is 0 Å². The summed E-state index contributed by atoms with van der Waals surface area (Å²) in [7, 11) is 4.30. The molecule has 4 unspecified atom stereocenters. The van der Waals surface area contributed by atoms with Crippen LogP contribution in [0.15, 0.2) is 48.0 Å². The maximum Gasteiger partial charge on any atom is 0.166 e. The summed E-state index contributed by atoms with van der Waals surface area (Å²) >= 11 is 2.45. The summed E-state index contributed by atoms with van der Waals surface area (Å²) in [5, 5.41) is 10.6. The molecular weight excluding hydrogens is 600 g/mol. The predicted molar refractivity (Wildman–Crippen MR) is 180 cm³/mol. The second kappa shape index (κ2) is 15.9. The van der Waals surface area contributed by atoms with Crippen molar-refractivity contribution >= 4 is 27.5 Å². The van der Waals surface area contributed by atoms with E-state index in [-0.39, 0.29) is 19.3 Å². The molecule has 2 aliphatic carbocycles. The molecule has 2 saturated heterocycles. The van der Waals surface area contributed by atoms with E-state index in [0.717, 1.165) is 56.7 Å². The van der Waals surface area contributed by atoms with E-state index in [1.54, 1.807) is 10.6 Å². The third-order valence-electron chi connectivity index (χ3n) is 9.36. The number of likely N-dealkylation sites (tertiary alicyclic amines) is 1. The number of fused-ring (bicyclic) bond motifs is 6. The molecule has 3 aliphatic heterocycles. The molecule has 232 valence electrons. The monoisotopic (exact) mass is 648 g/mol. The van der Waals surface area contributed by atoms with Crippen molar-refractivity contribution in [3.63, 3.8) is 0 Å². The van der Waals surface area contributed by atoms with Crippen molar-refractivity contribution in [2.45, 2.75) is 59.3 Å². The Kier molecular flexibility index (Phi) is 12.9. The number of piperidine rings is 2. The highest BCUT2D eigenvalue weighted by molar-refractivity contribution is 9.12. The largest absolute Gasteiger partial charge is 0.316 e. The topological polar surface area (TPSA) is 76.4 Å². The van der Waals surface area contributed by atoms with E-state index >= 15 is 0 Å². The van der Waals surface area contributed by atoms with Crippen LogP contribution in [0.5, 0.6) is 0 Å². The molecule has 6 nitrogen and oxygen atoms in total. The molecule has 0 aromatic heterocycles. The van der Waals surface area contributed by atoms with E-state index < -0.39 is 0 Å². The fourth-order valence-corrected chi connectivity index (χ4v) is 6.93. The molecular formula is C36H49BrN4O2. The molecule has 43 heavy (non-hydrogen) atoms. The van der Waals surface area contributed by atoms with Gasteiger partial charge in [0.2, 0.25) is 0 Å². The lowest BCUT2D eigenvalue weighted by Crippen LogP contribution is -2.36. The number of ketones is 2. The normalized spacial score (nSPS) is 25.3. The maximum absolute atomic E-state index is 12.3. The van der Waals surface area contributed by atoms with Crippen LogP contribution in [0, 0.1) is 35.9 Å². The van der Waals surface area contributed by atoms with Gasteiger partial charge in [0.05, 0.1) is 0 Å². The molecule has 0 spiro atoms. The van der Waals surface area contributed by atoms with Gasteiger partial charge in [-0.1, -0.05) is 54.5 Å². The van der Waals surface area contributed by atoms with Gasteiger partial charge in [-0.2, -0.15) is 5.26 Å². The molecule has 1 N–H and O–H groups in total. The summed E-state index contributed by atoms with van der Waals surface area (Å²) in [4.78, 5) is 30.7. The lowest BCUT2D eigenvalue weighted by atomic mass is 9.86. The van der Waals surface area contributed by atoms with Crippen LogP contribution in [-0.2, 0) is 0 Å². The average Bonchev–Trinajstić information content (AvgIpc) is 3.41. The highest BCUT2D eigenvalue weighted by Crippen LogP contribution is 2.43. The molecule has 7 heteroatoms. The zero-order valence-electron chi connectivity index (χ0n) is 25.8. The van der Waals surface area contributed by atoms with Crippen LogP contribution in [-0.4, -0.2) is 74.7 Å². The lowest BCUT2D eigenvalue weighted by Gasteiger charge is -2.31. The van der Waals surface area contributed by atoms with Crippen LogP contribution in [0.2, 0.25) is 0 Å². The van der Waals surface area contributed by atoms with Crippen molar-refractivity contribution in [1.29, 1.82) is 5.26 Å². The Morgan fingerprint density at radius 2 is 1.40 bits per heavy atom. The molecule has 2 aromatic carbocycles. The fraction of sp³-hybridized carbons (Fsp3) is 0.528. The Morgan fingerprint density at radius 3 is 1.93 bits per heavy atom. The minimum atomic E-state index is 0. The number of carbonyl (C=O) groups is 2. The Morgan fingerprint density at radius 1 is 0.837 bits per heavy atom. The molecule has 7 rings (SSSR count). The summed E-state index contributed by atoms with van der Waals surface area (Å²) < 4.78 is 0. The van der Waals surface area contributed by atoms with Gasteiger partial charge in [0.25, 0.3) is 0 Å². The first-order valence-electron chi connectivity index (χ1n) is 15.2. The molecule has 3 heterocycles. The van der Waals surface area contributed by atoms with Gasteiger partial charge in [0.1, 0.15) is 4.98 Å². The predicted octanol–water partition coefficient (Wildman–Crippen LogP) is 6.88. The second-order valence-electron chi connectivity index (χ2n) is 12.5. The van der Waals surface area contributed by atoms with Gasteiger partial charge >= 0.3 is 0 Å². The fourth-order valence-electron chi connectivity index (χ4n) is 6.93. The van der Waals surface area contributed by atoms with E-state index in [0.29, 0.717) is 23.4 Å². The van der Waals surface area contributed by atoms with Gasteiger partial charge in [-0.3, -0.25) is 9.59 Å². The standard InChI is InChI=1S/C14H17NO.C13H15NO.C7H13N.CBrN.CH4/c1-9-3-4-10-12(7-9)14(16)11-5-6-15(2)8-13(10)11;1-8-2-3-9-11(6-8)13(15)10-4-5-14-7-12(9)10;1-7-3-5-8(2)6-4-7;2-1-3;/h3-4,7,11,13H,5-6,8H2,1-2H3;2-3,6,10,12,14H,4-5,7H2,1H3;3H,4-6H2,1-2H3;;1H4. The SMILES string of the molecule is C.CC1=CCN(C)CC1.Cc1ccc2c(c1)C(=O)C1CCN(C)CC21.Cc1ccc2c(c1)C(=O)C1CCNCC21.N#CBr. The highest BCUT2D eigenvalue weighted by atomic mass is 79.9. The van der Waals surface area contributed by atoms with E-state index in [4.69, 9.17) is 5.26 Å². The zero-order chi connectivity index (χ0) is 30.4. The number of halogens is 1. The van der Waals surface area contributed by atoms with E-state index in [9.17, 15) is 9.59 Å². The summed E-state index contributed by atoms with van der Waals surface area (Å²) in [6.07, 6.45) is 5.57. The Labute approximate surface area is 267 Å². The number of hydrogen-bond acceptors (Lipinski definition) is 6. The van der Waals surface area contributed by atoms with Crippen LogP contribution in [0.4, 0.5) is 0 Å². The molecule has 0 saturated carbocycles. The molecule has 4 atom stereocenters. The number of likely N-dealkylation sites (N-methyl/N-ethyl adjacent to an activating group) is 2. The third kappa shape index (κ3) is 8.30. The van der Waals surface area contributed by atoms with Crippen molar-refractivity contribution in [2.75, 3.05) is 53.4 Å². The number of aryl methyl sites for hydroxylation is 2. The number of rotatable bonds is 0. The van der Waals surface area contributed by atoms with E-state index in [1.807, 2.05) is 6.92 Å². The van der Waals surface area contributed by atoms with Gasteiger partial charge in [-0.25, -0.2) is 0 Å². The number of nitrogens with one attached hydrogen (secondary N) is 1. The van der Waals surface area contributed by atoms with E-state index in [2.05, 4.69) is 101 Å². The van der Waals surface area contributed by atoms with Gasteiger partial charge in [0, 0.05) is 76.9 Å². The van der Waals surface area contributed by atoms with Crippen molar-refractivity contribution in [3.05, 3.63) is 81.4 Å². The minimum absolute atomic E-state index is 0. The number of hydrogen-bond donors (Lipinski definition) is 1. The van der Waals surface area contributed by atoms with Crippen molar-refractivity contribution in [1.82, 2.24) is 15.1 Å². The first kappa shape index (κ1) is 34.9. The van der Waals surface area contributed by atoms with Crippen molar-refractivity contribution in [3.8, 4) is 4.98 Å². The Hall–Kier alpha value is -2.63. The molecule has 0 bridgehead atoms. The number of benzene rings is 2. The second-order valence-corrected chi connectivity index (χ2v) is 12.9. The van der Waals surface area contributed by atoms with Crippen LogP contribution >= 0.6 is 15.9 Å². The van der Waals surface area contributed by atoms with Gasteiger partial charge in [-0.15, -0.1) is 0 Å². The number of nitriles is 1. The van der Waals surface area contributed by atoms with E-state index in [1.165, 1.54) is 35.2 Å². The quantitative estimate of drug-likeness (QED) is 0.314. The van der Waals surface area contributed by atoms with Gasteiger partial charge in [-0.05, 0) is 90.5 Å². The summed E-state index contributed by atoms with van der Waals surface area (Å²) in [6, 6.07) is 12.7. The highest BCUT2D eigenvalue weighted by Gasteiger charge is 2.42. The molecule has 5 aliphatic rings. The first-order valence-corrected chi connectivity index (χ1v) is 16.0. The van der Waals surface area contributed by atoms with Gasteiger partial charge in [0.15, 0.2) is 11.6 Å². The number of nitrogens with zero attached hydrogens (tertiary/aromatic N) is 3. The summed E-state index contributed by atoms with van der Waals surface area (Å²) in [5.74, 6) is 2.15. The van der Waals surface area contributed by atoms with Crippen molar-refractivity contribution < 1.29 is 9.59 Å². The Bertz CT molecular complexity index is 1360. The number of carbonyl (C=O) groups excluding carboxylic acids is 2. The zero-order valence-corrected chi connectivity index (χ0v) is 27.3. The summed E-state index contributed by atoms with van der Waals surface area (Å²) in [5.41, 5.74) is 8.45. The smallest absolute Gasteiger partial charge is 0.166 e. The average molecular weight is 650 g/mol.